The van der Waals surface area contributed by atoms with Gasteiger partial charge in [0.05, 0.1) is 6.04 Å². The number of thioether (sulfide) groups is 1. The minimum Gasteiger partial charge on any atom is -0.354 e. The van der Waals surface area contributed by atoms with Crippen molar-refractivity contribution in [2.24, 2.45) is 5.73 Å². The van der Waals surface area contributed by atoms with Crippen LogP contribution in [0.5, 0.6) is 0 Å². The van der Waals surface area contributed by atoms with E-state index < -0.39 is 0 Å². The van der Waals surface area contributed by atoms with Gasteiger partial charge in [0.25, 0.3) is 0 Å². The quantitative estimate of drug-likeness (QED) is 0.790. The molecule has 0 saturated carbocycles. The molecule has 1 atom stereocenters. The highest BCUT2D eigenvalue weighted by atomic mass is 32.2. The lowest BCUT2D eigenvalue weighted by Crippen LogP contribution is -2.41. The van der Waals surface area contributed by atoms with Crippen molar-refractivity contribution in [1.82, 2.24) is 5.32 Å². The summed E-state index contributed by atoms with van der Waals surface area (Å²) in [5, 5.41) is 2.89. The molecule has 1 aromatic rings. The fourth-order valence-electron chi connectivity index (χ4n) is 1.70. The second-order valence-corrected chi connectivity index (χ2v) is 5.40. The number of benzene rings is 1. The van der Waals surface area contributed by atoms with Crippen molar-refractivity contribution in [2.45, 2.75) is 25.8 Å². The lowest BCUT2D eigenvalue weighted by atomic mass is 10.1. The molecule has 0 saturated heterocycles. The molecule has 1 rings (SSSR count). The van der Waals surface area contributed by atoms with Crippen molar-refractivity contribution in [3.63, 3.8) is 0 Å². The lowest BCUT2D eigenvalue weighted by Gasteiger charge is -2.11. The molecule has 1 aromatic carbocycles. The molecule has 0 fully saturated rings. The van der Waals surface area contributed by atoms with Crippen molar-refractivity contribution in [3.05, 3.63) is 35.4 Å². The van der Waals surface area contributed by atoms with Crippen LogP contribution in [0.4, 0.5) is 0 Å². The number of aryl methyl sites for hydroxylation is 1. The third-order valence-corrected chi connectivity index (χ3v) is 3.41. The van der Waals surface area contributed by atoms with Crippen LogP contribution in [0.3, 0.4) is 0 Å². The summed E-state index contributed by atoms with van der Waals surface area (Å²) in [6.07, 6.45) is 3.60. The third kappa shape index (κ3) is 5.56. The number of hydrogen-bond donors (Lipinski definition) is 2. The summed E-state index contributed by atoms with van der Waals surface area (Å²) in [7, 11) is 0. The van der Waals surface area contributed by atoms with Crippen LogP contribution in [0.25, 0.3) is 0 Å². The molecular weight excluding hydrogens is 244 g/mol. The molecule has 3 N–H and O–H groups in total. The molecule has 0 radical (unpaired) electrons. The average molecular weight is 266 g/mol. The number of amides is 1. The van der Waals surface area contributed by atoms with Crippen molar-refractivity contribution < 1.29 is 4.79 Å². The summed E-state index contributed by atoms with van der Waals surface area (Å²) in [5.41, 5.74) is 8.27. The first-order valence-electron chi connectivity index (χ1n) is 6.21. The summed E-state index contributed by atoms with van der Waals surface area (Å²) < 4.78 is 0. The molecule has 0 aliphatic rings. The van der Waals surface area contributed by atoms with Crippen LogP contribution in [-0.2, 0) is 11.2 Å². The second-order valence-electron chi connectivity index (χ2n) is 4.42. The van der Waals surface area contributed by atoms with E-state index in [-0.39, 0.29) is 11.9 Å². The van der Waals surface area contributed by atoms with Crippen molar-refractivity contribution in [1.29, 1.82) is 0 Å². The maximum absolute atomic E-state index is 11.7. The van der Waals surface area contributed by atoms with Gasteiger partial charge in [0.2, 0.25) is 5.91 Å². The normalized spacial score (nSPS) is 12.2. The highest BCUT2D eigenvalue weighted by Crippen LogP contribution is 2.04. The molecule has 1 amide bonds. The number of nitrogens with one attached hydrogen (secondary N) is 1. The highest BCUT2D eigenvalue weighted by molar-refractivity contribution is 7.98. The zero-order chi connectivity index (χ0) is 13.4. The largest absolute Gasteiger partial charge is 0.354 e. The molecule has 0 aliphatic carbocycles. The molecule has 0 bridgehead atoms. The third-order valence-electron chi connectivity index (χ3n) is 2.77. The average Bonchev–Trinajstić information content (AvgIpc) is 2.35. The van der Waals surface area contributed by atoms with Crippen molar-refractivity contribution in [3.8, 4) is 0 Å². The van der Waals surface area contributed by atoms with Crippen LogP contribution >= 0.6 is 11.8 Å². The van der Waals surface area contributed by atoms with Crippen LogP contribution in [0.2, 0.25) is 0 Å². The number of hydrogen-bond acceptors (Lipinski definition) is 3. The topological polar surface area (TPSA) is 55.1 Å². The van der Waals surface area contributed by atoms with Gasteiger partial charge in [-0.05, 0) is 37.3 Å². The van der Waals surface area contributed by atoms with E-state index in [1.165, 1.54) is 11.1 Å². The Morgan fingerprint density at radius 3 is 2.94 bits per heavy atom. The van der Waals surface area contributed by atoms with E-state index in [2.05, 4.69) is 30.4 Å². The van der Waals surface area contributed by atoms with Crippen LogP contribution in [0.15, 0.2) is 24.3 Å². The van der Waals surface area contributed by atoms with Crippen molar-refractivity contribution >= 4 is 17.7 Å². The highest BCUT2D eigenvalue weighted by Gasteiger charge is 2.11. The standard InChI is InChI=1S/C14H22N2OS/c1-11-4-3-5-12(10-11)6-8-16-14(17)13(15)7-9-18-2/h3-5,10,13H,6-9,15H2,1-2H3,(H,16,17)/t13-/m1/s1. The van der Waals surface area contributed by atoms with Gasteiger partial charge in [-0.2, -0.15) is 11.8 Å². The molecule has 0 aliphatic heterocycles. The Balaban J connectivity index is 2.27. The summed E-state index contributed by atoms with van der Waals surface area (Å²) in [4.78, 5) is 11.7. The fourth-order valence-corrected chi connectivity index (χ4v) is 2.19. The summed E-state index contributed by atoms with van der Waals surface area (Å²) >= 11 is 1.71. The maximum atomic E-state index is 11.7. The van der Waals surface area contributed by atoms with E-state index in [0.29, 0.717) is 6.54 Å². The molecule has 0 heterocycles. The summed E-state index contributed by atoms with van der Waals surface area (Å²) in [5.74, 6) is 0.878. The minimum atomic E-state index is -0.380. The van der Waals surface area contributed by atoms with Gasteiger partial charge in [0.1, 0.15) is 0 Å². The number of carbonyl (C=O) groups is 1. The molecule has 18 heavy (non-hydrogen) atoms. The Bertz CT molecular complexity index is 382. The minimum absolute atomic E-state index is 0.0447. The zero-order valence-electron chi connectivity index (χ0n) is 11.1. The summed E-state index contributed by atoms with van der Waals surface area (Å²) in [6.45, 7) is 2.72. The van der Waals surface area contributed by atoms with Gasteiger partial charge in [-0.15, -0.1) is 0 Å². The van der Waals surface area contributed by atoms with Gasteiger partial charge >= 0.3 is 0 Å². The zero-order valence-corrected chi connectivity index (χ0v) is 11.9. The Kier molecular flexibility index (Phi) is 6.83. The molecule has 100 valence electrons. The predicted octanol–water partition coefficient (Wildman–Crippen LogP) is 1.73. The predicted molar refractivity (Wildman–Crippen MR) is 78.9 cm³/mol. The first-order chi connectivity index (χ1) is 8.63. The smallest absolute Gasteiger partial charge is 0.236 e. The van der Waals surface area contributed by atoms with Gasteiger partial charge in [-0.25, -0.2) is 0 Å². The van der Waals surface area contributed by atoms with Crippen LogP contribution < -0.4 is 11.1 Å². The van der Waals surface area contributed by atoms with Crippen LogP contribution in [0, 0.1) is 6.92 Å². The first-order valence-corrected chi connectivity index (χ1v) is 7.60. The Hall–Kier alpha value is -1.00. The first kappa shape index (κ1) is 15.1. The van der Waals surface area contributed by atoms with Gasteiger partial charge < -0.3 is 11.1 Å². The van der Waals surface area contributed by atoms with E-state index in [0.717, 1.165) is 18.6 Å². The number of nitrogens with two attached hydrogens (primary N) is 1. The molecular formula is C14H22N2OS. The molecule has 4 heteroatoms. The maximum Gasteiger partial charge on any atom is 0.236 e. The van der Waals surface area contributed by atoms with E-state index >= 15 is 0 Å². The molecule has 0 spiro atoms. The number of rotatable bonds is 7. The summed E-state index contributed by atoms with van der Waals surface area (Å²) in [6, 6.07) is 7.94. The fraction of sp³-hybridized carbons (Fsp3) is 0.500. The lowest BCUT2D eigenvalue weighted by molar-refractivity contribution is -0.122. The number of carbonyl (C=O) groups excluding carboxylic acids is 1. The molecule has 3 nitrogen and oxygen atoms in total. The SMILES string of the molecule is CSCC[C@@H](N)C(=O)NCCc1cccc(C)c1. The monoisotopic (exact) mass is 266 g/mol. The van der Waals surface area contributed by atoms with E-state index in [1.54, 1.807) is 11.8 Å². The van der Waals surface area contributed by atoms with Gasteiger partial charge in [-0.3, -0.25) is 4.79 Å². The van der Waals surface area contributed by atoms with E-state index in [1.807, 2.05) is 12.3 Å². The van der Waals surface area contributed by atoms with Crippen molar-refractivity contribution in [2.75, 3.05) is 18.6 Å². The van der Waals surface area contributed by atoms with Gasteiger partial charge in [0.15, 0.2) is 0 Å². The molecule has 0 aromatic heterocycles. The van der Waals surface area contributed by atoms with E-state index in [4.69, 9.17) is 5.73 Å². The van der Waals surface area contributed by atoms with Crippen LogP contribution in [-0.4, -0.2) is 30.5 Å². The Labute approximate surface area is 114 Å². The Morgan fingerprint density at radius 1 is 1.50 bits per heavy atom. The van der Waals surface area contributed by atoms with Crippen LogP contribution in [0.1, 0.15) is 17.5 Å². The second kappa shape index (κ2) is 8.16. The van der Waals surface area contributed by atoms with Gasteiger partial charge in [-0.1, -0.05) is 29.8 Å². The van der Waals surface area contributed by atoms with E-state index in [9.17, 15) is 4.79 Å². The molecule has 0 unspecified atom stereocenters. The Morgan fingerprint density at radius 2 is 2.28 bits per heavy atom. The van der Waals surface area contributed by atoms with Gasteiger partial charge in [0, 0.05) is 6.54 Å².